The summed E-state index contributed by atoms with van der Waals surface area (Å²) in [5, 5.41) is 1.02. The lowest BCUT2D eigenvalue weighted by Crippen LogP contribution is -2.37. The Morgan fingerprint density at radius 3 is 2.46 bits per heavy atom. The second-order valence-corrected chi connectivity index (χ2v) is 8.62. The van der Waals surface area contributed by atoms with Crippen LogP contribution in [0.2, 0.25) is 0 Å². The highest BCUT2D eigenvalue weighted by Crippen LogP contribution is 2.44. The van der Waals surface area contributed by atoms with Gasteiger partial charge in [0.05, 0.1) is 27.4 Å². The fraction of sp³-hybridized carbons (Fsp3) is 0.214. The van der Waals surface area contributed by atoms with Crippen LogP contribution in [0.3, 0.4) is 0 Å². The summed E-state index contributed by atoms with van der Waals surface area (Å²) in [6, 6.07) is 20.7. The smallest absolute Gasteiger partial charge is 0.161 e. The lowest BCUT2D eigenvalue weighted by Gasteiger charge is -2.39. The van der Waals surface area contributed by atoms with Crippen molar-refractivity contribution in [2.24, 2.45) is 0 Å². The molecule has 0 saturated heterocycles. The Morgan fingerprint density at radius 2 is 1.69 bits per heavy atom. The van der Waals surface area contributed by atoms with Crippen LogP contribution < -0.4 is 19.1 Å². The van der Waals surface area contributed by atoms with Crippen LogP contribution in [0, 0.1) is 0 Å². The number of rotatable bonds is 5. The van der Waals surface area contributed by atoms with E-state index in [0.29, 0.717) is 0 Å². The van der Waals surface area contributed by atoms with Crippen molar-refractivity contribution < 1.29 is 14.2 Å². The van der Waals surface area contributed by atoms with E-state index < -0.39 is 0 Å². The molecule has 176 valence electrons. The van der Waals surface area contributed by atoms with Crippen molar-refractivity contribution in [2.45, 2.75) is 12.5 Å². The fourth-order valence-electron chi connectivity index (χ4n) is 5.17. The van der Waals surface area contributed by atoms with Crippen molar-refractivity contribution in [1.82, 2.24) is 15.0 Å². The van der Waals surface area contributed by atoms with Crippen molar-refractivity contribution in [3.05, 3.63) is 83.7 Å². The molecule has 1 aliphatic heterocycles. The standard InChI is InChI=1S/C28H26N4O3/c1-33-19-9-10-22-21(14-19)25-26(31-22)28(30-16-29-25)32-12-11-18-13-23(34-2)24(35-3)15-20(18)27(32)17-7-5-4-6-8-17/h4-10,13-16,27,31H,11-12H2,1-3H3. The molecule has 1 aliphatic rings. The molecule has 1 N–H and O–H groups in total. The summed E-state index contributed by atoms with van der Waals surface area (Å²) in [5.74, 6) is 3.15. The molecule has 7 nitrogen and oxygen atoms in total. The van der Waals surface area contributed by atoms with E-state index in [0.717, 1.165) is 58.0 Å². The van der Waals surface area contributed by atoms with Crippen molar-refractivity contribution in [2.75, 3.05) is 32.8 Å². The lowest BCUT2D eigenvalue weighted by atomic mass is 9.87. The van der Waals surface area contributed by atoms with Crippen LogP contribution >= 0.6 is 0 Å². The van der Waals surface area contributed by atoms with Gasteiger partial charge in [0.2, 0.25) is 0 Å². The van der Waals surface area contributed by atoms with E-state index in [1.54, 1.807) is 27.7 Å². The van der Waals surface area contributed by atoms with E-state index in [-0.39, 0.29) is 6.04 Å². The Kier molecular flexibility index (Phi) is 5.17. The summed E-state index contributed by atoms with van der Waals surface area (Å²) in [5.41, 5.74) is 6.42. The van der Waals surface area contributed by atoms with E-state index in [9.17, 15) is 0 Å². The molecule has 1 atom stereocenters. The molecule has 0 fully saturated rings. The number of aromatic nitrogens is 3. The number of anilines is 1. The van der Waals surface area contributed by atoms with Gasteiger partial charge in [-0.25, -0.2) is 9.97 Å². The topological polar surface area (TPSA) is 72.5 Å². The summed E-state index contributed by atoms with van der Waals surface area (Å²) >= 11 is 0. The number of hydrogen-bond acceptors (Lipinski definition) is 6. The monoisotopic (exact) mass is 466 g/mol. The first-order valence-corrected chi connectivity index (χ1v) is 11.6. The largest absolute Gasteiger partial charge is 0.497 e. The van der Waals surface area contributed by atoms with Crippen LogP contribution in [0.4, 0.5) is 5.82 Å². The minimum Gasteiger partial charge on any atom is -0.497 e. The number of methoxy groups -OCH3 is 3. The number of aromatic amines is 1. The molecule has 2 aromatic heterocycles. The van der Waals surface area contributed by atoms with Gasteiger partial charge in [0, 0.05) is 17.4 Å². The summed E-state index contributed by atoms with van der Waals surface area (Å²) in [7, 11) is 5.03. The second-order valence-electron chi connectivity index (χ2n) is 8.62. The number of fused-ring (bicyclic) bond motifs is 4. The van der Waals surface area contributed by atoms with Gasteiger partial charge in [-0.05, 0) is 53.4 Å². The van der Waals surface area contributed by atoms with Gasteiger partial charge in [-0.1, -0.05) is 30.3 Å². The quantitative estimate of drug-likeness (QED) is 0.380. The molecule has 1 unspecified atom stereocenters. The van der Waals surface area contributed by atoms with Gasteiger partial charge in [-0.2, -0.15) is 0 Å². The average Bonchev–Trinajstić information content (AvgIpc) is 3.30. The van der Waals surface area contributed by atoms with Gasteiger partial charge in [0.25, 0.3) is 0 Å². The summed E-state index contributed by atoms with van der Waals surface area (Å²) in [6.45, 7) is 0.798. The number of ether oxygens (including phenoxy) is 3. The third-order valence-electron chi connectivity index (χ3n) is 6.83. The van der Waals surface area contributed by atoms with E-state index in [1.165, 1.54) is 16.7 Å². The molecular weight excluding hydrogens is 440 g/mol. The van der Waals surface area contributed by atoms with Crippen LogP contribution in [0.5, 0.6) is 17.2 Å². The highest BCUT2D eigenvalue weighted by atomic mass is 16.5. The first kappa shape index (κ1) is 21.3. The maximum absolute atomic E-state index is 5.67. The fourth-order valence-corrected chi connectivity index (χ4v) is 5.17. The molecule has 0 saturated carbocycles. The van der Waals surface area contributed by atoms with Crippen molar-refractivity contribution >= 4 is 27.8 Å². The van der Waals surface area contributed by atoms with Crippen molar-refractivity contribution in [3.63, 3.8) is 0 Å². The first-order chi connectivity index (χ1) is 17.2. The number of nitrogens with zero attached hydrogens (tertiary/aromatic N) is 3. The van der Waals surface area contributed by atoms with Crippen LogP contribution in [-0.4, -0.2) is 42.8 Å². The van der Waals surface area contributed by atoms with E-state index >= 15 is 0 Å². The van der Waals surface area contributed by atoms with Gasteiger partial charge < -0.3 is 24.1 Å². The van der Waals surface area contributed by atoms with Crippen LogP contribution in [-0.2, 0) is 6.42 Å². The van der Waals surface area contributed by atoms with Gasteiger partial charge >= 0.3 is 0 Å². The Morgan fingerprint density at radius 1 is 0.886 bits per heavy atom. The molecule has 0 amide bonds. The number of nitrogens with one attached hydrogen (secondary N) is 1. The highest BCUT2D eigenvalue weighted by molar-refractivity contribution is 6.08. The van der Waals surface area contributed by atoms with Gasteiger partial charge in [-0.3, -0.25) is 0 Å². The molecule has 5 aromatic rings. The van der Waals surface area contributed by atoms with Crippen molar-refractivity contribution in [1.29, 1.82) is 0 Å². The first-order valence-electron chi connectivity index (χ1n) is 11.6. The third kappa shape index (κ3) is 3.43. The zero-order chi connectivity index (χ0) is 23.9. The summed E-state index contributed by atoms with van der Waals surface area (Å²) in [4.78, 5) is 15.3. The molecule has 0 radical (unpaired) electrons. The van der Waals surface area contributed by atoms with E-state index in [1.807, 2.05) is 24.3 Å². The summed E-state index contributed by atoms with van der Waals surface area (Å²) < 4.78 is 16.7. The molecule has 0 bridgehead atoms. The van der Waals surface area contributed by atoms with Gasteiger partial charge in [-0.15, -0.1) is 0 Å². The zero-order valence-corrected chi connectivity index (χ0v) is 19.9. The Hall–Kier alpha value is -4.26. The van der Waals surface area contributed by atoms with Crippen molar-refractivity contribution in [3.8, 4) is 17.2 Å². The maximum Gasteiger partial charge on any atom is 0.161 e. The van der Waals surface area contributed by atoms with E-state index in [4.69, 9.17) is 19.2 Å². The SMILES string of the molecule is COc1ccc2[nH]c3c(N4CCc5cc(OC)c(OC)cc5C4c4ccccc4)ncnc3c2c1. The number of H-pyrrole nitrogens is 1. The van der Waals surface area contributed by atoms with Crippen LogP contribution in [0.25, 0.3) is 21.9 Å². The predicted molar refractivity (Wildman–Crippen MR) is 137 cm³/mol. The number of benzene rings is 3. The molecule has 3 heterocycles. The van der Waals surface area contributed by atoms with E-state index in [2.05, 4.69) is 51.3 Å². The molecule has 35 heavy (non-hydrogen) atoms. The Labute approximate surface area is 203 Å². The molecular formula is C28H26N4O3. The van der Waals surface area contributed by atoms with Gasteiger partial charge in [0.15, 0.2) is 17.3 Å². The zero-order valence-electron chi connectivity index (χ0n) is 19.9. The minimum atomic E-state index is -0.0428. The van der Waals surface area contributed by atoms with Gasteiger partial charge in [0.1, 0.15) is 23.1 Å². The molecule has 3 aromatic carbocycles. The average molecular weight is 467 g/mol. The normalized spacial score (nSPS) is 15.3. The Balaban J connectivity index is 1.57. The Bertz CT molecular complexity index is 1530. The molecule has 0 spiro atoms. The molecule has 0 aliphatic carbocycles. The predicted octanol–water partition coefficient (Wildman–Crippen LogP) is 5.29. The highest BCUT2D eigenvalue weighted by Gasteiger charge is 2.32. The number of hydrogen-bond donors (Lipinski definition) is 1. The maximum atomic E-state index is 5.67. The second kappa shape index (κ2) is 8.51. The summed E-state index contributed by atoms with van der Waals surface area (Å²) in [6.07, 6.45) is 2.51. The molecule has 7 heteroatoms. The lowest BCUT2D eigenvalue weighted by molar-refractivity contribution is 0.353. The van der Waals surface area contributed by atoms with Crippen LogP contribution in [0.15, 0.2) is 67.0 Å². The third-order valence-corrected chi connectivity index (χ3v) is 6.83. The molecule has 6 rings (SSSR count). The minimum absolute atomic E-state index is 0.0428. The van der Waals surface area contributed by atoms with Crippen LogP contribution in [0.1, 0.15) is 22.7 Å².